The van der Waals surface area contributed by atoms with Crippen LogP contribution in [-0.4, -0.2) is 30.8 Å². The van der Waals surface area contributed by atoms with E-state index in [0.29, 0.717) is 5.65 Å². The van der Waals surface area contributed by atoms with E-state index in [-0.39, 0.29) is 5.54 Å². The topological polar surface area (TPSA) is 68.0 Å². The third kappa shape index (κ3) is 2.03. The van der Waals surface area contributed by atoms with E-state index in [2.05, 4.69) is 46.7 Å². The Labute approximate surface area is 87.7 Å². The van der Waals surface area contributed by atoms with Crippen molar-refractivity contribution in [3.63, 3.8) is 0 Å². The molecule has 0 fully saturated rings. The Morgan fingerprint density at radius 2 is 2.20 bits per heavy atom. The van der Waals surface area contributed by atoms with Gasteiger partial charge in [0.05, 0.1) is 0 Å². The molecular weight excluding hydrogens is 192 g/mol. The molecule has 6 nitrogen and oxygen atoms in total. The maximum atomic E-state index is 4.24. The van der Waals surface area contributed by atoms with Crippen LogP contribution >= 0.6 is 0 Å². The van der Waals surface area contributed by atoms with Gasteiger partial charge in [0, 0.05) is 5.54 Å². The van der Waals surface area contributed by atoms with Gasteiger partial charge in [-0.05, 0) is 42.8 Å². The van der Waals surface area contributed by atoms with E-state index < -0.39 is 0 Å². The molecule has 15 heavy (non-hydrogen) atoms. The zero-order valence-corrected chi connectivity index (χ0v) is 9.10. The van der Waals surface area contributed by atoms with Crippen LogP contribution in [-0.2, 0) is 0 Å². The number of fused-ring (bicyclic) bond motifs is 1. The van der Waals surface area contributed by atoms with E-state index in [0.717, 1.165) is 12.2 Å². The van der Waals surface area contributed by atoms with E-state index in [1.807, 2.05) is 12.1 Å². The summed E-state index contributed by atoms with van der Waals surface area (Å²) < 4.78 is 1.41. The van der Waals surface area contributed by atoms with Crippen LogP contribution < -0.4 is 5.32 Å². The SMILES string of the molecule is CCC(C)(C)Nc1ccc2nnnn2n1. The maximum absolute atomic E-state index is 4.24. The number of aromatic nitrogens is 5. The fourth-order valence-corrected chi connectivity index (χ4v) is 1.15. The monoisotopic (exact) mass is 206 g/mol. The second kappa shape index (κ2) is 3.45. The molecule has 80 valence electrons. The molecule has 2 aromatic rings. The first-order valence-corrected chi connectivity index (χ1v) is 4.94. The first kappa shape index (κ1) is 9.82. The molecule has 0 atom stereocenters. The van der Waals surface area contributed by atoms with Gasteiger partial charge in [-0.25, -0.2) is 0 Å². The lowest BCUT2D eigenvalue weighted by molar-refractivity contribution is 0.542. The number of anilines is 1. The average molecular weight is 206 g/mol. The van der Waals surface area contributed by atoms with E-state index in [1.54, 1.807) is 0 Å². The van der Waals surface area contributed by atoms with Gasteiger partial charge < -0.3 is 5.32 Å². The highest BCUT2D eigenvalue weighted by Crippen LogP contribution is 2.15. The first-order valence-electron chi connectivity index (χ1n) is 4.94. The van der Waals surface area contributed by atoms with Crippen LogP contribution in [0.25, 0.3) is 5.65 Å². The summed E-state index contributed by atoms with van der Waals surface area (Å²) in [6.07, 6.45) is 1.02. The lowest BCUT2D eigenvalue weighted by Gasteiger charge is -2.24. The van der Waals surface area contributed by atoms with Crippen molar-refractivity contribution in [3.05, 3.63) is 12.1 Å². The van der Waals surface area contributed by atoms with Gasteiger partial charge in [-0.1, -0.05) is 6.92 Å². The van der Waals surface area contributed by atoms with E-state index >= 15 is 0 Å². The molecule has 0 saturated heterocycles. The lowest BCUT2D eigenvalue weighted by atomic mass is 10.0. The molecular formula is C9H14N6. The minimum absolute atomic E-state index is 0.0225. The van der Waals surface area contributed by atoms with Crippen LogP contribution in [0.4, 0.5) is 5.82 Å². The smallest absolute Gasteiger partial charge is 0.200 e. The summed E-state index contributed by atoms with van der Waals surface area (Å²) in [6.45, 7) is 6.37. The number of hydrogen-bond acceptors (Lipinski definition) is 5. The summed E-state index contributed by atoms with van der Waals surface area (Å²) in [5, 5.41) is 18.6. The Hall–Kier alpha value is -1.72. The second-order valence-electron chi connectivity index (χ2n) is 4.11. The van der Waals surface area contributed by atoms with Crippen LogP contribution in [0.5, 0.6) is 0 Å². The molecule has 0 aliphatic carbocycles. The number of nitrogens with zero attached hydrogens (tertiary/aromatic N) is 5. The third-order valence-corrected chi connectivity index (χ3v) is 2.42. The summed E-state index contributed by atoms with van der Waals surface area (Å²) in [5.74, 6) is 0.779. The maximum Gasteiger partial charge on any atom is 0.200 e. The van der Waals surface area contributed by atoms with Crippen molar-refractivity contribution in [2.75, 3.05) is 5.32 Å². The van der Waals surface area contributed by atoms with Gasteiger partial charge in [0.15, 0.2) is 5.65 Å². The Bertz CT molecular complexity index is 460. The Balaban J connectivity index is 2.28. The van der Waals surface area contributed by atoms with Crippen molar-refractivity contribution in [2.45, 2.75) is 32.7 Å². The number of rotatable bonds is 3. The largest absolute Gasteiger partial charge is 0.364 e. The van der Waals surface area contributed by atoms with E-state index in [4.69, 9.17) is 0 Å². The van der Waals surface area contributed by atoms with Gasteiger partial charge in [0.2, 0.25) is 0 Å². The van der Waals surface area contributed by atoms with Gasteiger partial charge in [0.25, 0.3) is 0 Å². The molecule has 1 N–H and O–H groups in total. The van der Waals surface area contributed by atoms with Crippen LogP contribution in [0, 0.1) is 0 Å². The summed E-state index contributed by atoms with van der Waals surface area (Å²) in [6, 6.07) is 3.71. The number of tetrazole rings is 1. The molecule has 6 heteroatoms. The Morgan fingerprint density at radius 1 is 1.40 bits per heavy atom. The average Bonchev–Trinajstić information content (AvgIpc) is 2.64. The van der Waals surface area contributed by atoms with Crippen LogP contribution in [0.2, 0.25) is 0 Å². The summed E-state index contributed by atoms with van der Waals surface area (Å²) in [4.78, 5) is 0. The minimum Gasteiger partial charge on any atom is -0.364 e. The normalized spacial score (nSPS) is 11.9. The highest BCUT2D eigenvalue weighted by Gasteiger charge is 2.15. The minimum atomic E-state index is 0.0225. The molecule has 0 radical (unpaired) electrons. The zero-order valence-electron chi connectivity index (χ0n) is 9.10. The third-order valence-electron chi connectivity index (χ3n) is 2.42. The molecule has 0 saturated carbocycles. The van der Waals surface area contributed by atoms with Crippen LogP contribution in [0.15, 0.2) is 12.1 Å². The first-order chi connectivity index (χ1) is 7.11. The second-order valence-corrected chi connectivity index (χ2v) is 4.11. The molecule has 0 aromatic carbocycles. The molecule has 0 unspecified atom stereocenters. The Kier molecular flexibility index (Phi) is 2.26. The molecule has 0 aliphatic rings. The summed E-state index contributed by atoms with van der Waals surface area (Å²) in [7, 11) is 0. The molecule has 2 aromatic heterocycles. The summed E-state index contributed by atoms with van der Waals surface area (Å²) >= 11 is 0. The van der Waals surface area contributed by atoms with E-state index in [9.17, 15) is 0 Å². The predicted octanol–water partition coefficient (Wildman–Crippen LogP) is 1.12. The molecule has 0 bridgehead atoms. The lowest BCUT2D eigenvalue weighted by Crippen LogP contribution is -2.30. The Morgan fingerprint density at radius 3 is 2.93 bits per heavy atom. The summed E-state index contributed by atoms with van der Waals surface area (Å²) in [5.41, 5.74) is 0.671. The quantitative estimate of drug-likeness (QED) is 0.815. The van der Waals surface area contributed by atoms with Gasteiger partial charge in [-0.15, -0.1) is 14.8 Å². The van der Waals surface area contributed by atoms with Crippen molar-refractivity contribution < 1.29 is 0 Å². The van der Waals surface area contributed by atoms with Crippen molar-refractivity contribution in [3.8, 4) is 0 Å². The van der Waals surface area contributed by atoms with Crippen LogP contribution in [0.1, 0.15) is 27.2 Å². The number of hydrogen-bond donors (Lipinski definition) is 1. The van der Waals surface area contributed by atoms with Gasteiger partial charge in [-0.3, -0.25) is 0 Å². The fourth-order valence-electron chi connectivity index (χ4n) is 1.15. The van der Waals surface area contributed by atoms with Crippen molar-refractivity contribution in [2.24, 2.45) is 0 Å². The highest BCUT2D eigenvalue weighted by atomic mass is 15.6. The standard InChI is InChI=1S/C9H14N6/c1-4-9(2,3)10-7-5-6-8-11-13-14-15(8)12-7/h5-6H,4H2,1-3H3,(H,10,12). The molecule has 0 amide bonds. The molecule has 2 heterocycles. The highest BCUT2D eigenvalue weighted by molar-refractivity contribution is 5.43. The van der Waals surface area contributed by atoms with Gasteiger partial charge in [0.1, 0.15) is 5.82 Å². The van der Waals surface area contributed by atoms with Gasteiger partial charge in [-0.2, -0.15) is 0 Å². The van der Waals surface area contributed by atoms with Gasteiger partial charge >= 0.3 is 0 Å². The van der Waals surface area contributed by atoms with Crippen molar-refractivity contribution >= 4 is 11.5 Å². The molecule has 0 aliphatic heterocycles. The zero-order chi connectivity index (χ0) is 10.9. The predicted molar refractivity (Wildman–Crippen MR) is 56.6 cm³/mol. The van der Waals surface area contributed by atoms with Crippen LogP contribution in [0.3, 0.4) is 0 Å². The molecule has 0 spiro atoms. The number of nitrogens with one attached hydrogen (secondary N) is 1. The fraction of sp³-hybridized carbons (Fsp3) is 0.556. The molecule has 2 rings (SSSR count). The van der Waals surface area contributed by atoms with Crippen molar-refractivity contribution in [1.82, 2.24) is 25.3 Å². The van der Waals surface area contributed by atoms with E-state index in [1.165, 1.54) is 4.63 Å². The van der Waals surface area contributed by atoms with Crippen molar-refractivity contribution in [1.29, 1.82) is 0 Å².